The highest BCUT2D eigenvalue weighted by Gasteiger charge is 2.34. The van der Waals surface area contributed by atoms with Crippen LogP contribution in [0.1, 0.15) is 17.6 Å². The van der Waals surface area contributed by atoms with Gasteiger partial charge in [-0.15, -0.1) is 11.3 Å². The summed E-state index contributed by atoms with van der Waals surface area (Å²) in [7, 11) is 3.46. The number of carboxylic acid groups (broad SMARTS) is 1. The maximum atomic E-state index is 11.6. The third-order valence-corrected chi connectivity index (χ3v) is 4.69. The number of thiazole rings is 1. The number of likely N-dealkylation sites (tertiary alicyclic amines) is 1. The molecule has 0 aliphatic carbocycles. The summed E-state index contributed by atoms with van der Waals surface area (Å²) >= 11 is 1.48. The second-order valence-corrected chi connectivity index (χ2v) is 6.76. The van der Waals surface area contributed by atoms with Crippen molar-refractivity contribution in [2.24, 2.45) is 11.8 Å². The minimum Gasteiger partial charge on any atom is -0.481 e. The van der Waals surface area contributed by atoms with Crippen LogP contribution in [0.5, 0.6) is 0 Å². The van der Waals surface area contributed by atoms with Crippen LogP contribution >= 0.6 is 11.3 Å². The van der Waals surface area contributed by atoms with E-state index >= 15 is 0 Å². The van der Waals surface area contributed by atoms with Crippen molar-refractivity contribution in [2.45, 2.75) is 19.9 Å². The zero-order valence-corrected chi connectivity index (χ0v) is 13.4. The summed E-state index contributed by atoms with van der Waals surface area (Å²) in [6.07, 6.45) is 0.325. The predicted octanol–water partition coefficient (Wildman–Crippen LogP) is 0.926. The van der Waals surface area contributed by atoms with Crippen LogP contribution < -0.4 is 0 Å². The second kappa shape index (κ2) is 6.53. The molecule has 1 aliphatic rings. The molecule has 1 fully saturated rings. The number of nitrogens with zero attached hydrogens (tertiary/aromatic N) is 3. The molecule has 2 unspecified atom stereocenters. The lowest BCUT2D eigenvalue weighted by Gasteiger charge is -2.13. The monoisotopic (exact) mass is 311 g/mol. The fourth-order valence-corrected chi connectivity index (χ4v) is 3.31. The topological polar surface area (TPSA) is 73.7 Å². The van der Waals surface area contributed by atoms with E-state index in [-0.39, 0.29) is 17.7 Å². The Kier molecular flexibility index (Phi) is 4.95. The number of carbonyl (C=O) groups excluding carboxylic acids is 1. The first-order valence-corrected chi connectivity index (χ1v) is 7.83. The lowest BCUT2D eigenvalue weighted by atomic mass is 9.99. The van der Waals surface area contributed by atoms with Gasteiger partial charge < -0.3 is 10.0 Å². The molecule has 0 aromatic carbocycles. The van der Waals surface area contributed by atoms with Gasteiger partial charge in [0.05, 0.1) is 18.0 Å². The van der Waals surface area contributed by atoms with Gasteiger partial charge in [-0.3, -0.25) is 14.5 Å². The Morgan fingerprint density at radius 1 is 1.48 bits per heavy atom. The van der Waals surface area contributed by atoms with E-state index in [4.69, 9.17) is 5.11 Å². The molecular weight excluding hydrogens is 290 g/mol. The number of rotatable bonds is 5. The number of hydrogen-bond acceptors (Lipinski definition) is 5. The fourth-order valence-electron chi connectivity index (χ4n) is 2.54. The van der Waals surface area contributed by atoms with Gasteiger partial charge in [-0.2, -0.15) is 0 Å². The van der Waals surface area contributed by atoms with Crippen molar-refractivity contribution < 1.29 is 14.7 Å². The van der Waals surface area contributed by atoms with Gasteiger partial charge in [-0.25, -0.2) is 4.98 Å². The maximum Gasteiger partial charge on any atom is 0.308 e. The molecule has 0 saturated carbocycles. The molecule has 1 N–H and O–H groups in total. The van der Waals surface area contributed by atoms with E-state index in [1.807, 2.05) is 12.3 Å². The Bertz CT molecular complexity index is 529. The molecule has 2 atom stereocenters. The summed E-state index contributed by atoms with van der Waals surface area (Å²) in [5.74, 6) is -0.813. The Morgan fingerprint density at radius 2 is 2.19 bits per heavy atom. The second-order valence-electron chi connectivity index (χ2n) is 5.81. The van der Waals surface area contributed by atoms with Crippen molar-refractivity contribution in [3.63, 3.8) is 0 Å². The highest BCUT2D eigenvalue weighted by atomic mass is 32.1. The summed E-state index contributed by atoms with van der Waals surface area (Å²) in [5, 5.41) is 11.9. The largest absolute Gasteiger partial charge is 0.481 e. The molecule has 0 spiro atoms. The molecule has 0 bridgehead atoms. The number of aliphatic carboxylic acids is 1. The number of carbonyl (C=O) groups is 2. The van der Waals surface area contributed by atoms with E-state index in [1.165, 1.54) is 11.3 Å². The highest BCUT2D eigenvalue weighted by molar-refractivity contribution is 7.09. The fraction of sp³-hybridized carbons (Fsp3) is 0.643. The lowest BCUT2D eigenvalue weighted by Crippen LogP contribution is -2.24. The number of likely N-dealkylation sites (N-methyl/N-ethyl adjacent to an activating group) is 1. The van der Waals surface area contributed by atoms with E-state index in [0.717, 1.165) is 17.2 Å². The standard InChI is InChI=1S/C14H21N3O3S/c1-9-5-17(7-11(9)14(19)20)6-10-8-21-12(15-10)4-13(18)16(2)3/h8-9,11H,4-7H2,1-3H3,(H,19,20). The molecule has 1 aromatic rings. The van der Waals surface area contributed by atoms with Gasteiger partial charge in [-0.05, 0) is 5.92 Å². The maximum absolute atomic E-state index is 11.6. The summed E-state index contributed by atoms with van der Waals surface area (Å²) in [6, 6.07) is 0. The molecule has 0 radical (unpaired) electrons. The van der Waals surface area contributed by atoms with Gasteiger partial charge in [0.25, 0.3) is 0 Å². The van der Waals surface area contributed by atoms with Gasteiger partial charge in [-0.1, -0.05) is 6.92 Å². The van der Waals surface area contributed by atoms with Gasteiger partial charge in [0.1, 0.15) is 5.01 Å². The number of carboxylic acids is 1. The molecular formula is C14H21N3O3S. The molecule has 1 amide bonds. The molecule has 6 nitrogen and oxygen atoms in total. The Labute approximate surface area is 128 Å². The molecule has 21 heavy (non-hydrogen) atoms. The first kappa shape index (κ1) is 15.9. The SMILES string of the molecule is CC1CN(Cc2csc(CC(=O)N(C)C)n2)CC1C(=O)O. The zero-order valence-electron chi connectivity index (χ0n) is 12.6. The van der Waals surface area contributed by atoms with Crippen LogP contribution in [0.15, 0.2) is 5.38 Å². The van der Waals surface area contributed by atoms with Gasteiger partial charge in [0.2, 0.25) is 5.91 Å². The predicted molar refractivity (Wildman–Crippen MR) is 80.1 cm³/mol. The van der Waals surface area contributed by atoms with E-state index < -0.39 is 5.97 Å². The first-order chi connectivity index (χ1) is 9.86. The molecule has 1 saturated heterocycles. The molecule has 1 aromatic heterocycles. The van der Waals surface area contributed by atoms with Crippen molar-refractivity contribution in [3.8, 4) is 0 Å². The summed E-state index contributed by atoms with van der Waals surface area (Å²) in [5.41, 5.74) is 0.916. The van der Waals surface area contributed by atoms with E-state index in [0.29, 0.717) is 19.5 Å². The summed E-state index contributed by atoms with van der Waals surface area (Å²) in [4.78, 5) is 30.9. The summed E-state index contributed by atoms with van der Waals surface area (Å²) in [6.45, 7) is 3.97. The van der Waals surface area contributed by atoms with Crippen LogP contribution in [0.4, 0.5) is 0 Å². The average molecular weight is 311 g/mol. The minimum atomic E-state index is -0.722. The van der Waals surface area contributed by atoms with Crippen molar-refractivity contribution in [2.75, 3.05) is 27.2 Å². The third-order valence-electron chi connectivity index (χ3n) is 3.79. The van der Waals surface area contributed by atoms with E-state index in [1.54, 1.807) is 19.0 Å². The van der Waals surface area contributed by atoms with Crippen LogP contribution in [0, 0.1) is 11.8 Å². The van der Waals surface area contributed by atoms with Crippen LogP contribution in [-0.2, 0) is 22.6 Å². The Hall–Kier alpha value is -1.47. The van der Waals surface area contributed by atoms with Crippen LogP contribution in [0.3, 0.4) is 0 Å². The van der Waals surface area contributed by atoms with Crippen molar-refractivity contribution >= 4 is 23.2 Å². The zero-order chi connectivity index (χ0) is 15.6. The molecule has 2 rings (SSSR count). The van der Waals surface area contributed by atoms with Crippen LogP contribution in [0.25, 0.3) is 0 Å². The molecule has 7 heteroatoms. The van der Waals surface area contributed by atoms with Crippen molar-refractivity contribution in [1.82, 2.24) is 14.8 Å². The first-order valence-electron chi connectivity index (χ1n) is 6.95. The highest BCUT2D eigenvalue weighted by Crippen LogP contribution is 2.25. The molecule has 116 valence electrons. The van der Waals surface area contributed by atoms with Gasteiger partial charge >= 0.3 is 5.97 Å². The number of amides is 1. The lowest BCUT2D eigenvalue weighted by molar-refractivity contribution is -0.142. The van der Waals surface area contributed by atoms with Crippen LogP contribution in [0.2, 0.25) is 0 Å². The average Bonchev–Trinajstić information content (AvgIpc) is 2.96. The number of aromatic nitrogens is 1. The van der Waals surface area contributed by atoms with Gasteiger partial charge in [0, 0.05) is 39.1 Å². The normalized spacial score (nSPS) is 22.4. The minimum absolute atomic E-state index is 0.0386. The smallest absolute Gasteiger partial charge is 0.308 e. The van der Waals surface area contributed by atoms with Gasteiger partial charge in [0.15, 0.2) is 0 Å². The van der Waals surface area contributed by atoms with Crippen molar-refractivity contribution in [1.29, 1.82) is 0 Å². The third kappa shape index (κ3) is 4.01. The Balaban J connectivity index is 1.91. The van der Waals surface area contributed by atoms with E-state index in [2.05, 4.69) is 9.88 Å². The van der Waals surface area contributed by atoms with Crippen molar-refractivity contribution in [3.05, 3.63) is 16.1 Å². The summed E-state index contributed by atoms with van der Waals surface area (Å²) < 4.78 is 0. The quantitative estimate of drug-likeness (QED) is 0.875. The Morgan fingerprint density at radius 3 is 2.76 bits per heavy atom. The van der Waals surface area contributed by atoms with Crippen LogP contribution in [-0.4, -0.2) is 59.0 Å². The van der Waals surface area contributed by atoms with E-state index in [9.17, 15) is 9.59 Å². The molecule has 1 aliphatic heterocycles. The molecule has 2 heterocycles. The number of hydrogen-bond donors (Lipinski definition) is 1.